The second-order valence-electron chi connectivity index (χ2n) is 6.27. The van der Waals surface area contributed by atoms with Crippen molar-refractivity contribution in [3.05, 3.63) is 41.7 Å². The number of nitrogens with zero attached hydrogens (tertiary/aromatic N) is 2. The molecule has 7 heteroatoms. The Labute approximate surface area is 139 Å². The fraction of sp³-hybridized carbons (Fsp3) is 0.353. The molecule has 0 spiro atoms. The molecule has 0 unspecified atom stereocenters. The molecule has 1 aromatic heterocycles. The third-order valence-corrected chi connectivity index (χ3v) is 4.22. The van der Waals surface area contributed by atoms with Gasteiger partial charge in [0.25, 0.3) is 5.91 Å². The number of carbonyl (C=O) groups excluding carboxylic acids is 2. The Morgan fingerprint density at radius 2 is 2.21 bits per heavy atom. The van der Waals surface area contributed by atoms with Crippen molar-refractivity contribution >= 4 is 23.2 Å². The lowest BCUT2D eigenvalue weighted by molar-refractivity contribution is -0.122. The van der Waals surface area contributed by atoms with Gasteiger partial charge in [-0.2, -0.15) is 5.10 Å². The zero-order valence-corrected chi connectivity index (χ0v) is 13.2. The van der Waals surface area contributed by atoms with E-state index in [1.165, 1.54) is 4.68 Å². The first-order valence-electron chi connectivity index (χ1n) is 8.17. The van der Waals surface area contributed by atoms with Gasteiger partial charge in [0.05, 0.1) is 11.9 Å². The van der Waals surface area contributed by atoms with Crippen LogP contribution in [0.1, 0.15) is 28.8 Å². The van der Waals surface area contributed by atoms with Crippen LogP contribution in [0, 0.1) is 0 Å². The van der Waals surface area contributed by atoms with Crippen LogP contribution in [-0.2, 0) is 17.8 Å². The molecule has 1 fully saturated rings. The van der Waals surface area contributed by atoms with Crippen LogP contribution in [0.15, 0.2) is 30.6 Å². The highest BCUT2D eigenvalue weighted by molar-refractivity contribution is 6.04. The van der Waals surface area contributed by atoms with E-state index in [4.69, 9.17) is 0 Å². The number of amides is 2. The van der Waals surface area contributed by atoms with E-state index in [9.17, 15) is 9.59 Å². The predicted molar refractivity (Wildman–Crippen MR) is 90.0 cm³/mol. The van der Waals surface area contributed by atoms with Crippen molar-refractivity contribution in [1.82, 2.24) is 15.1 Å². The van der Waals surface area contributed by atoms with E-state index in [1.54, 1.807) is 18.5 Å². The third-order valence-electron chi connectivity index (χ3n) is 4.22. The van der Waals surface area contributed by atoms with Crippen LogP contribution in [-0.4, -0.2) is 34.2 Å². The van der Waals surface area contributed by atoms with Crippen molar-refractivity contribution in [3.63, 3.8) is 0 Å². The third kappa shape index (κ3) is 3.24. The Morgan fingerprint density at radius 1 is 1.33 bits per heavy atom. The zero-order chi connectivity index (χ0) is 16.5. The van der Waals surface area contributed by atoms with Crippen LogP contribution in [0.5, 0.6) is 0 Å². The lowest BCUT2D eigenvalue weighted by atomic mass is 10.1. The smallest absolute Gasteiger partial charge is 0.255 e. The van der Waals surface area contributed by atoms with Gasteiger partial charge >= 0.3 is 0 Å². The van der Waals surface area contributed by atoms with E-state index in [0.29, 0.717) is 17.3 Å². The van der Waals surface area contributed by atoms with Gasteiger partial charge in [0.1, 0.15) is 6.54 Å². The minimum Gasteiger partial charge on any atom is -0.384 e. The van der Waals surface area contributed by atoms with Gasteiger partial charge in [-0.3, -0.25) is 14.3 Å². The molecular formula is C17H19N5O2. The molecule has 1 aliphatic heterocycles. The second-order valence-corrected chi connectivity index (χ2v) is 6.27. The van der Waals surface area contributed by atoms with E-state index in [2.05, 4.69) is 21.0 Å². The average Bonchev–Trinajstić information content (AvgIpc) is 3.08. The summed E-state index contributed by atoms with van der Waals surface area (Å²) in [6, 6.07) is 5.99. The number of hydrogen-bond donors (Lipinski definition) is 3. The molecule has 2 aromatic rings. The molecule has 24 heavy (non-hydrogen) atoms. The molecule has 1 saturated carbocycles. The van der Waals surface area contributed by atoms with Gasteiger partial charge in [-0.25, -0.2) is 0 Å². The van der Waals surface area contributed by atoms with Gasteiger partial charge in [0, 0.05) is 30.0 Å². The van der Waals surface area contributed by atoms with E-state index in [0.717, 1.165) is 37.1 Å². The van der Waals surface area contributed by atoms with Gasteiger partial charge < -0.3 is 16.0 Å². The molecule has 0 bridgehead atoms. The Hall–Kier alpha value is -2.83. The number of rotatable bonds is 5. The molecular weight excluding hydrogens is 306 g/mol. The summed E-state index contributed by atoms with van der Waals surface area (Å²) >= 11 is 0. The van der Waals surface area contributed by atoms with Crippen molar-refractivity contribution in [2.24, 2.45) is 0 Å². The minimum atomic E-state index is -0.174. The maximum absolute atomic E-state index is 12.4. The molecule has 124 valence electrons. The molecule has 7 nitrogen and oxygen atoms in total. The maximum Gasteiger partial charge on any atom is 0.255 e. The average molecular weight is 325 g/mol. The van der Waals surface area contributed by atoms with Gasteiger partial charge in [0.15, 0.2) is 0 Å². The Morgan fingerprint density at radius 3 is 3.04 bits per heavy atom. The Bertz CT molecular complexity index is 794. The fourth-order valence-corrected chi connectivity index (χ4v) is 2.81. The van der Waals surface area contributed by atoms with Gasteiger partial charge in [0.2, 0.25) is 5.91 Å². The lowest BCUT2D eigenvalue weighted by Gasteiger charge is -2.05. The molecule has 1 aromatic carbocycles. The van der Waals surface area contributed by atoms with E-state index in [1.807, 2.05) is 12.1 Å². The molecule has 2 aliphatic rings. The van der Waals surface area contributed by atoms with Crippen LogP contribution in [0.4, 0.5) is 11.4 Å². The summed E-state index contributed by atoms with van der Waals surface area (Å²) in [4.78, 5) is 24.1. The summed E-state index contributed by atoms with van der Waals surface area (Å²) in [7, 11) is 0. The summed E-state index contributed by atoms with van der Waals surface area (Å²) in [5.41, 5.74) is 3.46. The van der Waals surface area contributed by atoms with E-state index >= 15 is 0 Å². The number of nitrogens with one attached hydrogen (secondary N) is 3. The van der Waals surface area contributed by atoms with Crippen molar-refractivity contribution in [3.8, 4) is 0 Å². The number of benzene rings is 1. The standard InChI is InChI=1S/C17H19N5O2/c23-16(20-13-2-3-13)10-22-9-14(8-19-22)21-17(24)12-1-4-15-11(7-12)5-6-18-15/h1,4,7-9,13,18H,2-3,5-6,10H2,(H,20,23)(H,21,24). The Balaban J connectivity index is 1.38. The van der Waals surface area contributed by atoms with Gasteiger partial charge in [-0.1, -0.05) is 0 Å². The van der Waals surface area contributed by atoms with Gasteiger partial charge in [-0.15, -0.1) is 0 Å². The highest BCUT2D eigenvalue weighted by atomic mass is 16.2. The number of fused-ring (bicyclic) bond motifs is 1. The number of carbonyl (C=O) groups is 2. The summed E-state index contributed by atoms with van der Waals surface area (Å²) < 4.78 is 1.53. The maximum atomic E-state index is 12.4. The van der Waals surface area contributed by atoms with E-state index in [-0.39, 0.29) is 18.4 Å². The number of hydrogen-bond acceptors (Lipinski definition) is 4. The van der Waals surface area contributed by atoms with Gasteiger partial charge in [-0.05, 0) is 43.0 Å². The molecule has 0 atom stereocenters. The van der Waals surface area contributed by atoms with Crippen LogP contribution in [0.2, 0.25) is 0 Å². The van der Waals surface area contributed by atoms with E-state index < -0.39 is 0 Å². The lowest BCUT2D eigenvalue weighted by Crippen LogP contribution is -2.29. The molecule has 2 amide bonds. The fourth-order valence-electron chi connectivity index (χ4n) is 2.81. The molecule has 0 radical (unpaired) electrons. The first-order chi connectivity index (χ1) is 11.7. The summed E-state index contributed by atoms with van der Waals surface area (Å²) in [5, 5.41) is 13.1. The van der Waals surface area contributed by atoms with Crippen molar-refractivity contribution in [2.45, 2.75) is 31.8 Å². The van der Waals surface area contributed by atoms with Crippen molar-refractivity contribution in [1.29, 1.82) is 0 Å². The quantitative estimate of drug-likeness (QED) is 0.775. The monoisotopic (exact) mass is 325 g/mol. The second kappa shape index (κ2) is 5.99. The van der Waals surface area contributed by atoms with Crippen molar-refractivity contribution < 1.29 is 9.59 Å². The van der Waals surface area contributed by atoms with Crippen LogP contribution in [0.3, 0.4) is 0 Å². The first-order valence-corrected chi connectivity index (χ1v) is 8.17. The van der Waals surface area contributed by atoms with Crippen molar-refractivity contribution in [2.75, 3.05) is 17.2 Å². The molecule has 1 aliphatic carbocycles. The largest absolute Gasteiger partial charge is 0.384 e. The molecule has 0 saturated heterocycles. The molecule has 3 N–H and O–H groups in total. The van der Waals surface area contributed by atoms with Crippen LogP contribution in [0.25, 0.3) is 0 Å². The normalized spacial score (nSPS) is 15.5. The minimum absolute atomic E-state index is 0.0513. The topological polar surface area (TPSA) is 88.1 Å². The summed E-state index contributed by atoms with van der Waals surface area (Å²) in [6.07, 6.45) is 6.27. The zero-order valence-electron chi connectivity index (χ0n) is 13.2. The highest BCUT2D eigenvalue weighted by Crippen LogP contribution is 2.23. The number of aromatic nitrogens is 2. The summed E-state index contributed by atoms with van der Waals surface area (Å²) in [5.74, 6) is -0.226. The summed E-state index contributed by atoms with van der Waals surface area (Å²) in [6.45, 7) is 1.08. The van der Waals surface area contributed by atoms with Crippen LogP contribution < -0.4 is 16.0 Å². The SMILES string of the molecule is O=C(Cn1cc(NC(=O)c2ccc3c(c2)CCN3)cn1)NC1CC1. The van der Waals surface area contributed by atoms with Crippen LogP contribution >= 0.6 is 0 Å². The highest BCUT2D eigenvalue weighted by Gasteiger charge is 2.23. The number of anilines is 2. The first kappa shape index (κ1) is 14.7. The predicted octanol–water partition coefficient (Wildman–Crippen LogP) is 1.38. The molecule has 4 rings (SSSR count). The Kier molecular flexibility index (Phi) is 3.68. The molecule has 2 heterocycles.